The maximum Gasteiger partial charge on any atom is 0.258 e. The molecule has 0 aliphatic carbocycles. The van der Waals surface area contributed by atoms with E-state index in [0.29, 0.717) is 17.8 Å². The lowest BCUT2D eigenvalue weighted by Crippen LogP contribution is -2.40. The number of halogens is 1. The Bertz CT molecular complexity index is 919. The van der Waals surface area contributed by atoms with E-state index in [-0.39, 0.29) is 24.3 Å². The molecule has 0 bridgehead atoms. The number of carbonyl (C=O) groups excluding carboxylic acids is 1. The summed E-state index contributed by atoms with van der Waals surface area (Å²) in [6.45, 7) is 4.44. The predicted octanol–water partition coefficient (Wildman–Crippen LogP) is 4.56. The number of rotatable bonds is 6. The van der Waals surface area contributed by atoms with Gasteiger partial charge in [0.25, 0.3) is 5.91 Å². The molecule has 0 N–H and O–H groups in total. The standard InChI is InChI=1S/C21H22FNO3/c1-14(13-25-3)23(12-16-6-4-8-18(22)11-16)21(24)19-9-5-7-17-10-15(2)26-20(17)19/h4-11,14H,12-13H2,1-3H3. The molecule has 136 valence electrons. The van der Waals surface area contributed by atoms with Crippen LogP contribution in [0.15, 0.2) is 52.9 Å². The Balaban J connectivity index is 1.98. The lowest BCUT2D eigenvalue weighted by molar-refractivity contribution is 0.0542. The maximum absolute atomic E-state index is 13.6. The van der Waals surface area contributed by atoms with Gasteiger partial charge in [-0.15, -0.1) is 0 Å². The predicted molar refractivity (Wildman–Crippen MR) is 98.6 cm³/mol. The van der Waals surface area contributed by atoms with Crippen molar-refractivity contribution in [3.63, 3.8) is 0 Å². The van der Waals surface area contributed by atoms with Crippen LogP contribution in [0.2, 0.25) is 0 Å². The van der Waals surface area contributed by atoms with Gasteiger partial charge in [0.05, 0.1) is 18.2 Å². The molecule has 0 radical (unpaired) electrons. The van der Waals surface area contributed by atoms with Crippen LogP contribution in [0.3, 0.4) is 0 Å². The second kappa shape index (κ2) is 7.70. The lowest BCUT2D eigenvalue weighted by Gasteiger charge is -2.29. The van der Waals surface area contributed by atoms with Gasteiger partial charge in [0.15, 0.2) is 0 Å². The Morgan fingerprint density at radius 3 is 2.73 bits per heavy atom. The summed E-state index contributed by atoms with van der Waals surface area (Å²) in [6, 6.07) is 13.5. The molecule has 0 fully saturated rings. The fourth-order valence-electron chi connectivity index (χ4n) is 3.11. The second-order valence-corrected chi connectivity index (χ2v) is 6.45. The highest BCUT2D eigenvalue weighted by atomic mass is 19.1. The first-order valence-corrected chi connectivity index (χ1v) is 8.53. The van der Waals surface area contributed by atoms with Crippen LogP contribution in [0, 0.1) is 12.7 Å². The summed E-state index contributed by atoms with van der Waals surface area (Å²) < 4.78 is 24.5. The van der Waals surface area contributed by atoms with Crippen LogP contribution in [0.5, 0.6) is 0 Å². The average molecular weight is 355 g/mol. The zero-order valence-corrected chi connectivity index (χ0v) is 15.2. The number of ether oxygens (including phenoxy) is 1. The van der Waals surface area contributed by atoms with E-state index < -0.39 is 0 Å². The van der Waals surface area contributed by atoms with Crippen LogP contribution in [0.4, 0.5) is 4.39 Å². The van der Waals surface area contributed by atoms with Crippen molar-refractivity contribution in [1.29, 1.82) is 0 Å². The molecule has 3 aromatic rings. The molecule has 3 rings (SSSR count). The SMILES string of the molecule is COCC(C)N(Cc1cccc(F)c1)C(=O)c1cccc2cc(C)oc12. The van der Waals surface area contributed by atoms with Gasteiger partial charge in [-0.1, -0.05) is 24.3 Å². The third kappa shape index (κ3) is 3.78. The molecule has 2 aromatic carbocycles. The highest BCUT2D eigenvalue weighted by molar-refractivity contribution is 6.05. The topological polar surface area (TPSA) is 42.7 Å². The summed E-state index contributed by atoms with van der Waals surface area (Å²) in [6.07, 6.45) is 0. The van der Waals surface area contributed by atoms with E-state index in [1.807, 2.05) is 32.0 Å². The quantitative estimate of drug-likeness (QED) is 0.651. The number of amides is 1. The Kier molecular flexibility index (Phi) is 5.38. The van der Waals surface area contributed by atoms with Gasteiger partial charge in [0.2, 0.25) is 0 Å². The number of para-hydroxylation sites is 1. The van der Waals surface area contributed by atoms with Gasteiger partial charge in [-0.3, -0.25) is 4.79 Å². The lowest BCUT2D eigenvalue weighted by atomic mass is 10.1. The molecule has 1 amide bonds. The van der Waals surface area contributed by atoms with Gasteiger partial charge in [-0.25, -0.2) is 4.39 Å². The molecule has 26 heavy (non-hydrogen) atoms. The summed E-state index contributed by atoms with van der Waals surface area (Å²) >= 11 is 0. The van der Waals surface area contributed by atoms with Gasteiger partial charge < -0.3 is 14.1 Å². The number of methoxy groups -OCH3 is 1. The molecule has 0 saturated carbocycles. The first kappa shape index (κ1) is 18.1. The van der Waals surface area contributed by atoms with E-state index >= 15 is 0 Å². The van der Waals surface area contributed by atoms with E-state index in [2.05, 4.69) is 0 Å². The van der Waals surface area contributed by atoms with Crippen LogP contribution >= 0.6 is 0 Å². The highest BCUT2D eigenvalue weighted by Gasteiger charge is 2.24. The first-order chi connectivity index (χ1) is 12.5. The van der Waals surface area contributed by atoms with Gasteiger partial charge >= 0.3 is 0 Å². The molecule has 0 aliphatic heterocycles. The summed E-state index contributed by atoms with van der Waals surface area (Å²) in [5, 5.41) is 0.887. The highest BCUT2D eigenvalue weighted by Crippen LogP contribution is 2.25. The van der Waals surface area contributed by atoms with Crippen molar-refractivity contribution < 1.29 is 18.3 Å². The summed E-state index contributed by atoms with van der Waals surface area (Å²) in [5.74, 6) is 0.263. The maximum atomic E-state index is 13.6. The molecule has 0 saturated heterocycles. The minimum absolute atomic E-state index is 0.168. The number of aryl methyl sites for hydroxylation is 1. The Hall–Kier alpha value is -2.66. The van der Waals surface area contributed by atoms with Crippen LogP contribution < -0.4 is 0 Å². The minimum atomic E-state index is -0.321. The Labute approximate surface area is 152 Å². The summed E-state index contributed by atoms with van der Waals surface area (Å²) in [4.78, 5) is 15.0. The zero-order valence-electron chi connectivity index (χ0n) is 15.2. The zero-order chi connectivity index (χ0) is 18.7. The average Bonchev–Trinajstić information content (AvgIpc) is 2.99. The van der Waals surface area contributed by atoms with Crippen molar-refractivity contribution in [3.05, 3.63) is 71.2 Å². The molecule has 0 spiro atoms. The molecule has 1 unspecified atom stereocenters. The van der Waals surface area contributed by atoms with Gasteiger partial charge in [0, 0.05) is 19.0 Å². The van der Waals surface area contributed by atoms with Crippen molar-refractivity contribution in [1.82, 2.24) is 4.90 Å². The molecule has 1 aromatic heterocycles. The fourth-order valence-corrected chi connectivity index (χ4v) is 3.11. The van der Waals surface area contributed by atoms with Crippen molar-refractivity contribution in [3.8, 4) is 0 Å². The number of carbonyl (C=O) groups is 1. The minimum Gasteiger partial charge on any atom is -0.461 e. The van der Waals surface area contributed by atoms with E-state index in [1.165, 1.54) is 12.1 Å². The van der Waals surface area contributed by atoms with Crippen LogP contribution in [-0.4, -0.2) is 30.6 Å². The number of fused-ring (bicyclic) bond motifs is 1. The van der Waals surface area contributed by atoms with E-state index in [0.717, 1.165) is 16.7 Å². The molecule has 4 nitrogen and oxygen atoms in total. The molecular formula is C21H22FNO3. The number of hydrogen-bond acceptors (Lipinski definition) is 3. The van der Waals surface area contributed by atoms with Crippen molar-refractivity contribution in [2.75, 3.05) is 13.7 Å². The van der Waals surface area contributed by atoms with E-state index in [9.17, 15) is 9.18 Å². The van der Waals surface area contributed by atoms with Crippen LogP contribution in [0.25, 0.3) is 11.0 Å². The number of nitrogens with zero attached hydrogens (tertiary/aromatic N) is 1. The summed E-state index contributed by atoms with van der Waals surface area (Å²) in [7, 11) is 1.60. The summed E-state index contributed by atoms with van der Waals surface area (Å²) in [5.41, 5.74) is 1.79. The molecular weight excluding hydrogens is 333 g/mol. The second-order valence-electron chi connectivity index (χ2n) is 6.45. The molecule has 5 heteroatoms. The molecule has 1 atom stereocenters. The normalized spacial score (nSPS) is 12.3. The number of hydrogen-bond donors (Lipinski definition) is 0. The Morgan fingerprint density at radius 2 is 2.00 bits per heavy atom. The fraction of sp³-hybridized carbons (Fsp3) is 0.286. The largest absolute Gasteiger partial charge is 0.461 e. The first-order valence-electron chi connectivity index (χ1n) is 8.53. The van der Waals surface area contributed by atoms with Gasteiger partial charge in [-0.2, -0.15) is 0 Å². The Morgan fingerprint density at radius 1 is 1.23 bits per heavy atom. The third-order valence-electron chi connectivity index (χ3n) is 4.34. The monoisotopic (exact) mass is 355 g/mol. The third-order valence-corrected chi connectivity index (χ3v) is 4.34. The molecule has 0 aliphatic rings. The van der Waals surface area contributed by atoms with Gasteiger partial charge in [0.1, 0.15) is 17.2 Å². The number of furan rings is 1. The van der Waals surface area contributed by atoms with Crippen molar-refractivity contribution in [2.24, 2.45) is 0 Å². The van der Waals surface area contributed by atoms with Gasteiger partial charge in [-0.05, 0) is 43.7 Å². The van der Waals surface area contributed by atoms with Crippen molar-refractivity contribution in [2.45, 2.75) is 26.4 Å². The van der Waals surface area contributed by atoms with Crippen LogP contribution in [-0.2, 0) is 11.3 Å². The smallest absolute Gasteiger partial charge is 0.258 e. The number of benzene rings is 2. The molecule has 1 heterocycles. The van der Waals surface area contributed by atoms with E-state index in [1.54, 1.807) is 30.2 Å². The van der Waals surface area contributed by atoms with Crippen LogP contribution in [0.1, 0.15) is 28.6 Å². The van der Waals surface area contributed by atoms with Crippen molar-refractivity contribution >= 4 is 16.9 Å². The van der Waals surface area contributed by atoms with E-state index in [4.69, 9.17) is 9.15 Å².